The van der Waals surface area contributed by atoms with Crippen molar-refractivity contribution in [3.8, 4) is 11.3 Å². The molecule has 3 heterocycles. The van der Waals surface area contributed by atoms with Gasteiger partial charge in [0.05, 0.1) is 32.1 Å². The Kier molecular flexibility index (Phi) is 4.99. The molecule has 0 unspecified atom stereocenters. The van der Waals surface area contributed by atoms with Gasteiger partial charge in [0.15, 0.2) is 0 Å². The standard InChI is InChI=1S/C16H21N5O2/c1-19(12-16(22)20-8-10-23-11-9-20)13-21-15(4-7-18-21)14-2-5-17-6-3-14/h2-7H,8-13H2,1H3. The van der Waals surface area contributed by atoms with Gasteiger partial charge in [0.2, 0.25) is 5.91 Å². The zero-order chi connectivity index (χ0) is 16.1. The quantitative estimate of drug-likeness (QED) is 0.812. The van der Waals surface area contributed by atoms with Gasteiger partial charge in [-0.05, 0) is 25.2 Å². The molecule has 7 nitrogen and oxygen atoms in total. The minimum Gasteiger partial charge on any atom is -0.378 e. The Labute approximate surface area is 135 Å². The first-order chi connectivity index (χ1) is 11.2. The lowest BCUT2D eigenvalue weighted by Gasteiger charge is -2.28. The van der Waals surface area contributed by atoms with E-state index in [0.29, 0.717) is 39.5 Å². The Hall–Kier alpha value is -2.25. The van der Waals surface area contributed by atoms with E-state index in [0.717, 1.165) is 11.3 Å². The molecule has 2 aromatic rings. The number of aromatic nitrogens is 3. The van der Waals surface area contributed by atoms with Crippen LogP contribution in [0.3, 0.4) is 0 Å². The molecule has 0 atom stereocenters. The van der Waals surface area contributed by atoms with Crippen molar-refractivity contribution in [2.45, 2.75) is 6.67 Å². The highest BCUT2D eigenvalue weighted by molar-refractivity contribution is 5.78. The number of amides is 1. The average Bonchev–Trinajstić information content (AvgIpc) is 3.04. The van der Waals surface area contributed by atoms with Gasteiger partial charge in [0.25, 0.3) is 0 Å². The van der Waals surface area contributed by atoms with Crippen LogP contribution in [0, 0.1) is 0 Å². The maximum Gasteiger partial charge on any atom is 0.236 e. The van der Waals surface area contributed by atoms with E-state index in [2.05, 4.69) is 10.1 Å². The maximum atomic E-state index is 12.3. The number of likely N-dealkylation sites (N-methyl/N-ethyl adjacent to an activating group) is 1. The van der Waals surface area contributed by atoms with Crippen molar-refractivity contribution in [3.63, 3.8) is 0 Å². The van der Waals surface area contributed by atoms with Gasteiger partial charge < -0.3 is 9.64 Å². The molecule has 2 aromatic heterocycles. The van der Waals surface area contributed by atoms with Crippen molar-refractivity contribution < 1.29 is 9.53 Å². The highest BCUT2D eigenvalue weighted by Crippen LogP contribution is 2.17. The van der Waals surface area contributed by atoms with Crippen LogP contribution >= 0.6 is 0 Å². The molecule has 1 fully saturated rings. The minimum absolute atomic E-state index is 0.133. The third kappa shape index (κ3) is 3.94. The van der Waals surface area contributed by atoms with Crippen molar-refractivity contribution >= 4 is 5.91 Å². The summed E-state index contributed by atoms with van der Waals surface area (Å²) >= 11 is 0. The summed E-state index contributed by atoms with van der Waals surface area (Å²) in [4.78, 5) is 20.1. The Bertz CT molecular complexity index is 637. The Morgan fingerprint density at radius 2 is 1.96 bits per heavy atom. The molecule has 0 bridgehead atoms. The molecule has 0 saturated carbocycles. The van der Waals surface area contributed by atoms with Crippen molar-refractivity contribution in [1.29, 1.82) is 0 Å². The van der Waals surface area contributed by atoms with Gasteiger partial charge >= 0.3 is 0 Å². The normalized spacial score (nSPS) is 15.1. The largest absolute Gasteiger partial charge is 0.378 e. The predicted octanol–water partition coefficient (Wildman–Crippen LogP) is 0.693. The van der Waals surface area contributed by atoms with E-state index in [4.69, 9.17) is 4.74 Å². The number of ether oxygens (including phenoxy) is 1. The van der Waals surface area contributed by atoms with Crippen LogP contribution in [-0.4, -0.2) is 70.4 Å². The predicted molar refractivity (Wildman–Crippen MR) is 85.5 cm³/mol. The number of pyridine rings is 1. The van der Waals surface area contributed by atoms with Gasteiger partial charge in [0, 0.05) is 37.2 Å². The minimum atomic E-state index is 0.133. The van der Waals surface area contributed by atoms with Crippen LogP contribution in [0.25, 0.3) is 11.3 Å². The zero-order valence-electron chi connectivity index (χ0n) is 13.3. The molecule has 1 aliphatic heterocycles. The zero-order valence-corrected chi connectivity index (χ0v) is 13.3. The van der Waals surface area contributed by atoms with Crippen LogP contribution in [0.5, 0.6) is 0 Å². The van der Waals surface area contributed by atoms with Gasteiger partial charge in [-0.15, -0.1) is 0 Å². The lowest BCUT2D eigenvalue weighted by Crippen LogP contribution is -2.45. The third-order valence-corrected chi connectivity index (χ3v) is 3.84. The van der Waals surface area contributed by atoms with Crippen LogP contribution in [0.4, 0.5) is 0 Å². The maximum absolute atomic E-state index is 12.3. The summed E-state index contributed by atoms with van der Waals surface area (Å²) in [5, 5.41) is 4.36. The summed E-state index contributed by atoms with van der Waals surface area (Å²) in [7, 11) is 1.93. The lowest BCUT2D eigenvalue weighted by molar-refractivity contribution is -0.136. The smallest absolute Gasteiger partial charge is 0.236 e. The van der Waals surface area contributed by atoms with Gasteiger partial charge in [-0.3, -0.25) is 19.4 Å². The van der Waals surface area contributed by atoms with Gasteiger partial charge in [-0.1, -0.05) is 0 Å². The molecule has 0 radical (unpaired) electrons. The molecular weight excluding hydrogens is 294 g/mol. The van der Waals surface area contributed by atoms with Gasteiger partial charge in [0.1, 0.15) is 0 Å². The van der Waals surface area contributed by atoms with Crippen LogP contribution in [0.15, 0.2) is 36.8 Å². The van der Waals surface area contributed by atoms with Gasteiger partial charge in [-0.25, -0.2) is 0 Å². The van der Waals surface area contributed by atoms with Crippen molar-refractivity contribution in [3.05, 3.63) is 36.8 Å². The first-order valence-corrected chi connectivity index (χ1v) is 7.70. The molecule has 1 saturated heterocycles. The van der Waals surface area contributed by atoms with Crippen molar-refractivity contribution in [1.82, 2.24) is 24.6 Å². The fraction of sp³-hybridized carbons (Fsp3) is 0.438. The molecule has 0 N–H and O–H groups in total. The van der Waals surface area contributed by atoms with Crippen LogP contribution in [0.1, 0.15) is 0 Å². The second kappa shape index (κ2) is 7.34. The Morgan fingerprint density at radius 3 is 2.70 bits per heavy atom. The fourth-order valence-electron chi connectivity index (χ4n) is 2.64. The monoisotopic (exact) mass is 315 g/mol. The summed E-state index contributed by atoms with van der Waals surface area (Å²) in [6, 6.07) is 5.87. The molecule has 0 aromatic carbocycles. The molecular formula is C16H21N5O2. The lowest BCUT2D eigenvalue weighted by atomic mass is 10.2. The molecule has 0 aliphatic carbocycles. The topological polar surface area (TPSA) is 63.5 Å². The van der Waals surface area contributed by atoms with E-state index in [1.807, 2.05) is 39.7 Å². The molecule has 0 spiro atoms. The van der Waals surface area contributed by atoms with Crippen LogP contribution in [0.2, 0.25) is 0 Å². The van der Waals surface area contributed by atoms with Crippen molar-refractivity contribution in [2.75, 3.05) is 39.9 Å². The van der Waals surface area contributed by atoms with E-state index in [1.165, 1.54) is 0 Å². The summed E-state index contributed by atoms with van der Waals surface area (Å²) < 4.78 is 7.17. The Balaban J connectivity index is 1.61. The summed E-state index contributed by atoms with van der Waals surface area (Å²) in [5.41, 5.74) is 2.07. The van der Waals surface area contributed by atoms with E-state index in [1.54, 1.807) is 18.6 Å². The van der Waals surface area contributed by atoms with E-state index >= 15 is 0 Å². The number of carbonyl (C=O) groups is 1. The number of hydrogen-bond acceptors (Lipinski definition) is 5. The molecule has 7 heteroatoms. The average molecular weight is 315 g/mol. The second-order valence-electron chi connectivity index (χ2n) is 5.60. The summed E-state index contributed by atoms with van der Waals surface area (Å²) in [6.07, 6.45) is 5.30. The molecule has 3 rings (SSSR count). The first-order valence-electron chi connectivity index (χ1n) is 7.70. The van der Waals surface area contributed by atoms with Crippen molar-refractivity contribution in [2.24, 2.45) is 0 Å². The van der Waals surface area contributed by atoms with E-state index in [9.17, 15) is 4.79 Å². The van der Waals surface area contributed by atoms with Gasteiger partial charge in [-0.2, -0.15) is 5.10 Å². The van der Waals surface area contributed by atoms with E-state index in [-0.39, 0.29) is 5.91 Å². The first kappa shape index (κ1) is 15.6. The third-order valence-electron chi connectivity index (χ3n) is 3.84. The van der Waals surface area contributed by atoms with E-state index < -0.39 is 0 Å². The molecule has 122 valence electrons. The second-order valence-corrected chi connectivity index (χ2v) is 5.60. The SMILES string of the molecule is CN(CC(=O)N1CCOCC1)Cn1nccc1-c1ccncc1. The number of carbonyl (C=O) groups excluding carboxylic acids is 1. The number of morpholine rings is 1. The number of hydrogen-bond donors (Lipinski definition) is 0. The summed E-state index contributed by atoms with van der Waals surface area (Å²) in [5.74, 6) is 0.133. The highest BCUT2D eigenvalue weighted by atomic mass is 16.5. The molecule has 1 amide bonds. The van der Waals surface area contributed by atoms with Crippen LogP contribution in [-0.2, 0) is 16.2 Å². The van der Waals surface area contributed by atoms with Crippen LogP contribution < -0.4 is 0 Å². The molecule has 1 aliphatic rings. The molecule has 23 heavy (non-hydrogen) atoms. The highest BCUT2D eigenvalue weighted by Gasteiger charge is 2.18. The summed E-state index contributed by atoms with van der Waals surface area (Å²) in [6.45, 7) is 3.53. The number of nitrogens with zero attached hydrogens (tertiary/aromatic N) is 5. The Morgan fingerprint density at radius 1 is 1.22 bits per heavy atom. The number of rotatable bonds is 5. The fourth-order valence-corrected chi connectivity index (χ4v) is 2.64.